The third kappa shape index (κ3) is 3.35. The number of carbonyl (C=O) groups excluding carboxylic acids is 2. The first kappa shape index (κ1) is 14.5. The third-order valence-electron chi connectivity index (χ3n) is 3.45. The molecule has 2 heterocycles. The van der Waals surface area contributed by atoms with E-state index in [9.17, 15) is 9.59 Å². The molecule has 1 fully saturated rings. The summed E-state index contributed by atoms with van der Waals surface area (Å²) >= 11 is 0. The first-order valence-corrected chi connectivity index (χ1v) is 6.99. The lowest BCUT2D eigenvalue weighted by Gasteiger charge is -2.31. The van der Waals surface area contributed by atoms with E-state index in [0.717, 1.165) is 18.4 Å². The molecule has 1 aromatic rings. The molecule has 1 atom stereocenters. The van der Waals surface area contributed by atoms with Crippen LogP contribution in [-0.4, -0.2) is 41.5 Å². The molecular weight excluding hydrogens is 256 g/mol. The fourth-order valence-electron chi connectivity index (χ4n) is 2.47. The van der Waals surface area contributed by atoms with Crippen molar-refractivity contribution in [3.63, 3.8) is 0 Å². The van der Waals surface area contributed by atoms with Gasteiger partial charge in [-0.3, -0.25) is 14.6 Å². The molecule has 0 aromatic carbocycles. The molecule has 5 nitrogen and oxygen atoms in total. The van der Waals surface area contributed by atoms with Crippen molar-refractivity contribution in [3.05, 3.63) is 29.6 Å². The van der Waals surface area contributed by atoms with E-state index in [1.807, 2.05) is 13.0 Å². The van der Waals surface area contributed by atoms with Crippen molar-refractivity contribution in [1.29, 1.82) is 0 Å². The van der Waals surface area contributed by atoms with E-state index >= 15 is 0 Å². The molecule has 1 amide bonds. The highest BCUT2D eigenvalue weighted by Gasteiger charge is 2.29. The van der Waals surface area contributed by atoms with Crippen LogP contribution in [0.25, 0.3) is 0 Å². The summed E-state index contributed by atoms with van der Waals surface area (Å²) in [6.07, 6.45) is 4.90. The molecule has 1 aliphatic heterocycles. The molecule has 5 heteroatoms. The number of nitrogens with zero attached hydrogens (tertiary/aromatic N) is 2. The number of rotatable bonds is 3. The molecule has 1 aromatic heterocycles. The average molecular weight is 276 g/mol. The number of ether oxygens (including phenoxy) is 1. The van der Waals surface area contributed by atoms with E-state index in [2.05, 4.69) is 4.98 Å². The van der Waals surface area contributed by atoms with Gasteiger partial charge in [-0.15, -0.1) is 0 Å². The maximum absolute atomic E-state index is 12.4. The van der Waals surface area contributed by atoms with Crippen LogP contribution in [0.5, 0.6) is 0 Å². The lowest BCUT2D eigenvalue weighted by atomic mass is 9.97. The third-order valence-corrected chi connectivity index (χ3v) is 3.45. The van der Waals surface area contributed by atoms with Crippen molar-refractivity contribution < 1.29 is 14.3 Å². The van der Waals surface area contributed by atoms with Crippen LogP contribution >= 0.6 is 0 Å². The second-order valence-electron chi connectivity index (χ2n) is 5.09. The molecule has 20 heavy (non-hydrogen) atoms. The standard InChI is InChI=1S/C15H20N2O3/c1-3-20-15(19)12-5-4-6-17(10-12)14(18)13-7-11(2)8-16-9-13/h7-9,12H,3-6,10H2,1-2H3/t12-/m0/s1. The van der Waals surface area contributed by atoms with E-state index in [-0.39, 0.29) is 17.8 Å². The number of hydrogen-bond donors (Lipinski definition) is 0. The zero-order valence-corrected chi connectivity index (χ0v) is 12.0. The van der Waals surface area contributed by atoms with Gasteiger partial charge < -0.3 is 9.64 Å². The van der Waals surface area contributed by atoms with Crippen LogP contribution in [0.4, 0.5) is 0 Å². The largest absolute Gasteiger partial charge is 0.466 e. The molecule has 0 N–H and O–H groups in total. The van der Waals surface area contributed by atoms with Gasteiger partial charge in [-0.1, -0.05) is 0 Å². The number of amides is 1. The van der Waals surface area contributed by atoms with Crippen LogP contribution < -0.4 is 0 Å². The Balaban J connectivity index is 2.05. The van der Waals surface area contributed by atoms with Gasteiger partial charge in [0, 0.05) is 25.5 Å². The van der Waals surface area contributed by atoms with Crippen molar-refractivity contribution in [2.75, 3.05) is 19.7 Å². The number of esters is 1. The average Bonchev–Trinajstić information content (AvgIpc) is 2.47. The van der Waals surface area contributed by atoms with Gasteiger partial charge in [-0.2, -0.15) is 0 Å². The van der Waals surface area contributed by atoms with E-state index in [1.165, 1.54) is 0 Å². The molecule has 0 aliphatic carbocycles. The summed E-state index contributed by atoms with van der Waals surface area (Å²) in [6, 6.07) is 1.82. The number of likely N-dealkylation sites (tertiary alicyclic amines) is 1. The normalized spacial score (nSPS) is 18.7. The molecule has 108 valence electrons. The van der Waals surface area contributed by atoms with Crippen LogP contribution in [0.2, 0.25) is 0 Å². The SMILES string of the molecule is CCOC(=O)[C@H]1CCCN(C(=O)c2cncc(C)c2)C1. The van der Waals surface area contributed by atoms with Crippen molar-refractivity contribution in [2.24, 2.45) is 5.92 Å². The highest BCUT2D eigenvalue weighted by atomic mass is 16.5. The lowest BCUT2D eigenvalue weighted by molar-refractivity contribution is -0.149. The summed E-state index contributed by atoms with van der Waals surface area (Å²) in [6.45, 7) is 5.20. The van der Waals surface area contributed by atoms with Crippen LogP contribution in [0.1, 0.15) is 35.7 Å². The number of hydrogen-bond acceptors (Lipinski definition) is 4. The van der Waals surface area contributed by atoms with Crippen molar-refractivity contribution in [1.82, 2.24) is 9.88 Å². The predicted octanol–water partition coefficient (Wildman–Crippen LogP) is 1.81. The summed E-state index contributed by atoms with van der Waals surface area (Å²) in [5.41, 5.74) is 1.53. The Labute approximate surface area is 118 Å². The fourth-order valence-corrected chi connectivity index (χ4v) is 2.47. The Hall–Kier alpha value is -1.91. The fraction of sp³-hybridized carbons (Fsp3) is 0.533. The van der Waals surface area contributed by atoms with Crippen LogP contribution in [0.3, 0.4) is 0 Å². The highest BCUT2D eigenvalue weighted by Crippen LogP contribution is 2.20. The van der Waals surface area contributed by atoms with Gasteiger partial charge in [0.15, 0.2) is 0 Å². The van der Waals surface area contributed by atoms with Crippen LogP contribution in [-0.2, 0) is 9.53 Å². The minimum absolute atomic E-state index is 0.0600. The summed E-state index contributed by atoms with van der Waals surface area (Å²) in [7, 11) is 0. The molecule has 0 bridgehead atoms. The summed E-state index contributed by atoms with van der Waals surface area (Å²) in [5, 5.41) is 0. The molecule has 0 saturated carbocycles. The van der Waals surface area contributed by atoms with Crippen molar-refractivity contribution in [2.45, 2.75) is 26.7 Å². The van der Waals surface area contributed by atoms with Crippen molar-refractivity contribution >= 4 is 11.9 Å². The van der Waals surface area contributed by atoms with E-state index < -0.39 is 0 Å². The Kier molecular flexibility index (Phi) is 4.71. The number of carbonyl (C=O) groups is 2. The smallest absolute Gasteiger partial charge is 0.310 e. The number of piperidine rings is 1. The quantitative estimate of drug-likeness (QED) is 0.790. The minimum atomic E-state index is -0.203. The number of aryl methyl sites for hydroxylation is 1. The molecule has 0 spiro atoms. The second-order valence-corrected chi connectivity index (χ2v) is 5.09. The minimum Gasteiger partial charge on any atom is -0.466 e. The zero-order chi connectivity index (χ0) is 14.5. The molecule has 0 unspecified atom stereocenters. The molecule has 0 radical (unpaired) electrons. The molecule has 2 rings (SSSR count). The van der Waals surface area contributed by atoms with Crippen molar-refractivity contribution in [3.8, 4) is 0 Å². The summed E-state index contributed by atoms with van der Waals surface area (Å²) in [4.78, 5) is 30.0. The lowest BCUT2D eigenvalue weighted by Crippen LogP contribution is -2.42. The van der Waals surface area contributed by atoms with Gasteiger partial charge in [0.1, 0.15) is 0 Å². The Morgan fingerprint density at radius 1 is 1.45 bits per heavy atom. The van der Waals surface area contributed by atoms with Gasteiger partial charge in [0.05, 0.1) is 18.1 Å². The maximum atomic E-state index is 12.4. The monoisotopic (exact) mass is 276 g/mol. The van der Waals surface area contributed by atoms with Crippen LogP contribution in [0.15, 0.2) is 18.5 Å². The zero-order valence-electron chi connectivity index (χ0n) is 12.0. The van der Waals surface area contributed by atoms with E-state index in [0.29, 0.717) is 25.3 Å². The van der Waals surface area contributed by atoms with Gasteiger partial charge in [0.25, 0.3) is 5.91 Å². The Morgan fingerprint density at radius 2 is 2.25 bits per heavy atom. The van der Waals surface area contributed by atoms with Gasteiger partial charge in [-0.05, 0) is 38.3 Å². The molecule has 1 saturated heterocycles. The van der Waals surface area contributed by atoms with Crippen LogP contribution in [0, 0.1) is 12.8 Å². The number of pyridine rings is 1. The first-order valence-electron chi connectivity index (χ1n) is 6.99. The maximum Gasteiger partial charge on any atom is 0.310 e. The van der Waals surface area contributed by atoms with E-state index in [4.69, 9.17) is 4.74 Å². The Bertz CT molecular complexity index is 502. The Morgan fingerprint density at radius 3 is 2.95 bits per heavy atom. The highest BCUT2D eigenvalue weighted by molar-refractivity contribution is 5.94. The van der Waals surface area contributed by atoms with Gasteiger partial charge >= 0.3 is 5.97 Å². The summed E-state index contributed by atoms with van der Waals surface area (Å²) in [5.74, 6) is -0.465. The predicted molar refractivity (Wildman–Crippen MR) is 74.2 cm³/mol. The number of aromatic nitrogens is 1. The molecule has 1 aliphatic rings. The second kappa shape index (κ2) is 6.50. The topological polar surface area (TPSA) is 59.5 Å². The van der Waals surface area contributed by atoms with E-state index in [1.54, 1.807) is 24.2 Å². The summed E-state index contributed by atoms with van der Waals surface area (Å²) < 4.78 is 5.05. The van der Waals surface area contributed by atoms with Gasteiger partial charge in [-0.25, -0.2) is 0 Å². The van der Waals surface area contributed by atoms with Gasteiger partial charge in [0.2, 0.25) is 0 Å². The first-order chi connectivity index (χ1) is 9.61. The molecular formula is C15H20N2O3.